The third kappa shape index (κ3) is 7.38. The van der Waals surface area contributed by atoms with E-state index in [-0.39, 0.29) is 36.1 Å². The van der Waals surface area contributed by atoms with Crippen LogP contribution in [0.4, 0.5) is 4.79 Å². The van der Waals surface area contributed by atoms with E-state index in [1.807, 2.05) is 44.9 Å². The highest BCUT2D eigenvalue weighted by Crippen LogP contribution is 2.15. The van der Waals surface area contributed by atoms with Crippen molar-refractivity contribution in [3.05, 3.63) is 18.0 Å². The van der Waals surface area contributed by atoms with E-state index in [9.17, 15) is 4.79 Å². The molecule has 1 aliphatic heterocycles. The second kappa shape index (κ2) is 9.98. The van der Waals surface area contributed by atoms with E-state index in [0.717, 1.165) is 25.3 Å². The molecular formula is C17H31IN6O2. The van der Waals surface area contributed by atoms with Crippen molar-refractivity contribution in [1.29, 1.82) is 0 Å². The summed E-state index contributed by atoms with van der Waals surface area (Å²) in [5.41, 5.74) is 0.779. The van der Waals surface area contributed by atoms with Gasteiger partial charge >= 0.3 is 6.09 Å². The Morgan fingerprint density at radius 1 is 1.42 bits per heavy atom. The molecule has 2 heterocycles. The Morgan fingerprint density at radius 2 is 2.12 bits per heavy atom. The first-order valence-corrected chi connectivity index (χ1v) is 8.69. The lowest BCUT2D eigenvalue weighted by Crippen LogP contribution is -2.63. The molecule has 2 N–H and O–H groups in total. The van der Waals surface area contributed by atoms with Crippen LogP contribution in [0.1, 0.15) is 32.8 Å². The number of aromatic nitrogens is 2. The van der Waals surface area contributed by atoms with Crippen molar-refractivity contribution in [2.75, 3.05) is 26.7 Å². The number of rotatable bonds is 5. The third-order valence-corrected chi connectivity index (χ3v) is 3.79. The molecule has 8 nitrogen and oxygen atoms in total. The van der Waals surface area contributed by atoms with Crippen LogP contribution >= 0.6 is 24.0 Å². The first-order chi connectivity index (χ1) is 11.8. The molecule has 1 aromatic heterocycles. The van der Waals surface area contributed by atoms with Crippen LogP contribution in [0.5, 0.6) is 0 Å². The van der Waals surface area contributed by atoms with Gasteiger partial charge in [-0.1, -0.05) is 0 Å². The number of amides is 1. The maximum atomic E-state index is 11.9. The molecule has 148 valence electrons. The van der Waals surface area contributed by atoms with Crippen LogP contribution in [0.3, 0.4) is 0 Å². The number of nitrogens with zero attached hydrogens (tertiary/aromatic N) is 4. The molecule has 1 saturated heterocycles. The maximum absolute atomic E-state index is 11.9. The fourth-order valence-electron chi connectivity index (χ4n) is 2.53. The highest BCUT2D eigenvalue weighted by Gasteiger charge is 2.34. The van der Waals surface area contributed by atoms with Gasteiger partial charge in [0.2, 0.25) is 0 Å². The standard InChI is InChI=1S/C17H30N6O2.HI/c1-17(2,3)25-16(24)23-11-14(12-23)21-15(18-4)19-8-6-7-13-9-20-22(5)10-13;/h9-10,14H,6-8,11-12H2,1-5H3,(H2,18,19,21);1H. The third-order valence-electron chi connectivity index (χ3n) is 3.79. The Morgan fingerprint density at radius 3 is 2.65 bits per heavy atom. The highest BCUT2D eigenvalue weighted by molar-refractivity contribution is 14.0. The molecule has 1 fully saturated rings. The van der Waals surface area contributed by atoms with Gasteiger partial charge in [-0.25, -0.2) is 4.79 Å². The van der Waals surface area contributed by atoms with Gasteiger partial charge in [-0.15, -0.1) is 24.0 Å². The smallest absolute Gasteiger partial charge is 0.410 e. The van der Waals surface area contributed by atoms with Crippen molar-refractivity contribution in [2.24, 2.45) is 12.0 Å². The number of likely N-dealkylation sites (tertiary alicyclic amines) is 1. The second-order valence-electron chi connectivity index (χ2n) is 7.35. The zero-order valence-corrected chi connectivity index (χ0v) is 18.6. The predicted octanol–water partition coefficient (Wildman–Crippen LogP) is 1.75. The molecule has 0 bridgehead atoms. The summed E-state index contributed by atoms with van der Waals surface area (Å²) in [6.07, 6.45) is 5.65. The molecule has 0 radical (unpaired) electrons. The zero-order chi connectivity index (χ0) is 18.4. The number of hydrogen-bond donors (Lipinski definition) is 2. The number of ether oxygens (including phenoxy) is 1. The normalized spacial score (nSPS) is 15.1. The number of halogens is 1. The van der Waals surface area contributed by atoms with Crippen molar-refractivity contribution < 1.29 is 9.53 Å². The molecule has 1 amide bonds. The van der Waals surface area contributed by atoms with Gasteiger partial charge in [0, 0.05) is 39.9 Å². The van der Waals surface area contributed by atoms with E-state index in [1.165, 1.54) is 5.56 Å². The second-order valence-corrected chi connectivity index (χ2v) is 7.35. The number of carbonyl (C=O) groups is 1. The van der Waals surface area contributed by atoms with Gasteiger partial charge in [-0.05, 0) is 39.2 Å². The number of hydrogen-bond acceptors (Lipinski definition) is 4. The minimum atomic E-state index is -0.457. The van der Waals surface area contributed by atoms with Crippen molar-refractivity contribution in [3.63, 3.8) is 0 Å². The molecule has 0 atom stereocenters. The lowest BCUT2D eigenvalue weighted by atomic mass is 10.1. The Hall–Kier alpha value is -1.52. The van der Waals surface area contributed by atoms with Crippen molar-refractivity contribution in [1.82, 2.24) is 25.3 Å². The lowest BCUT2D eigenvalue weighted by molar-refractivity contribution is 0.00701. The summed E-state index contributed by atoms with van der Waals surface area (Å²) in [6, 6.07) is 0.206. The Balaban J connectivity index is 0.00000338. The minimum absolute atomic E-state index is 0. The minimum Gasteiger partial charge on any atom is -0.444 e. The van der Waals surface area contributed by atoms with Gasteiger partial charge in [-0.3, -0.25) is 9.67 Å². The van der Waals surface area contributed by atoms with Crippen LogP contribution in [-0.4, -0.2) is 65.1 Å². The van der Waals surface area contributed by atoms with Crippen molar-refractivity contribution in [2.45, 2.75) is 45.3 Å². The summed E-state index contributed by atoms with van der Waals surface area (Å²) >= 11 is 0. The number of carbonyl (C=O) groups excluding carboxylic acids is 1. The topological polar surface area (TPSA) is 83.8 Å². The number of nitrogens with one attached hydrogen (secondary N) is 2. The fraction of sp³-hybridized carbons (Fsp3) is 0.706. The van der Waals surface area contributed by atoms with Gasteiger partial charge < -0.3 is 20.3 Å². The van der Waals surface area contributed by atoms with Gasteiger partial charge in [0.05, 0.1) is 12.2 Å². The molecule has 9 heteroatoms. The van der Waals surface area contributed by atoms with Crippen molar-refractivity contribution >= 4 is 36.0 Å². The van der Waals surface area contributed by atoms with Crippen LogP contribution in [-0.2, 0) is 18.2 Å². The van der Waals surface area contributed by atoms with Crippen LogP contribution < -0.4 is 10.6 Å². The van der Waals surface area contributed by atoms with E-state index in [4.69, 9.17) is 4.74 Å². The first kappa shape index (κ1) is 22.5. The van der Waals surface area contributed by atoms with Gasteiger partial charge in [0.25, 0.3) is 0 Å². The van der Waals surface area contributed by atoms with Crippen molar-refractivity contribution in [3.8, 4) is 0 Å². The molecule has 0 aliphatic carbocycles. The lowest BCUT2D eigenvalue weighted by Gasteiger charge is -2.40. The van der Waals surface area contributed by atoms with Crippen LogP contribution in [0, 0.1) is 0 Å². The molecule has 0 spiro atoms. The monoisotopic (exact) mass is 478 g/mol. The quantitative estimate of drug-likeness (QED) is 0.292. The Kier molecular flexibility index (Phi) is 8.65. The molecule has 2 rings (SSSR count). The molecule has 26 heavy (non-hydrogen) atoms. The van der Waals surface area contributed by atoms with Crippen LogP contribution in [0.15, 0.2) is 17.4 Å². The largest absolute Gasteiger partial charge is 0.444 e. The predicted molar refractivity (Wildman–Crippen MR) is 113 cm³/mol. The average Bonchev–Trinajstić information content (AvgIpc) is 2.88. The average molecular weight is 478 g/mol. The van der Waals surface area contributed by atoms with E-state index in [1.54, 1.807) is 11.9 Å². The Labute approximate surface area is 172 Å². The maximum Gasteiger partial charge on any atom is 0.410 e. The highest BCUT2D eigenvalue weighted by atomic mass is 127. The van der Waals surface area contributed by atoms with E-state index < -0.39 is 5.60 Å². The summed E-state index contributed by atoms with van der Waals surface area (Å²) in [4.78, 5) is 17.8. The molecule has 0 saturated carbocycles. The summed E-state index contributed by atoms with van der Waals surface area (Å²) in [5.74, 6) is 0.764. The number of aliphatic imine (C=N–C) groups is 1. The van der Waals surface area contributed by atoms with Crippen LogP contribution in [0.25, 0.3) is 0 Å². The van der Waals surface area contributed by atoms with Gasteiger partial charge in [-0.2, -0.15) is 5.10 Å². The molecule has 1 aliphatic rings. The zero-order valence-electron chi connectivity index (χ0n) is 16.3. The molecule has 0 unspecified atom stereocenters. The van der Waals surface area contributed by atoms with E-state index in [2.05, 4.69) is 20.7 Å². The van der Waals surface area contributed by atoms with Gasteiger partial charge in [0.1, 0.15) is 5.60 Å². The van der Waals surface area contributed by atoms with Crippen LogP contribution in [0.2, 0.25) is 0 Å². The van der Waals surface area contributed by atoms with Gasteiger partial charge in [0.15, 0.2) is 5.96 Å². The summed E-state index contributed by atoms with van der Waals surface area (Å²) in [7, 11) is 3.67. The molecular weight excluding hydrogens is 447 g/mol. The fourth-order valence-corrected chi connectivity index (χ4v) is 2.53. The van der Waals surface area contributed by atoms with E-state index >= 15 is 0 Å². The summed E-state index contributed by atoms with van der Waals surface area (Å²) < 4.78 is 7.17. The summed E-state index contributed by atoms with van der Waals surface area (Å²) in [5, 5.41) is 10.8. The first-order valence-electron chi connectivity index (χ1n) is 8.69. The molecule has 1 aromatic rings. The number of guanidine groups is 1. The SMILES string of the molecule is CN=C(NCCCc1cnn(C)c1)NC1CN(C(=O)OC(C)(C)C)C1.I. The Bertz CT molecular complexity index is 605. The number of aryl methyl sites for hydroxylation is 2. The summed E-state index contributed by atoms with van der Waals surface area (Å²) in [6.45, 7) is 7.71. The molecule has 0 aromatic carbocycles. The van der Waals surface area contributed by atoms with E-state index in [0.29, 0.717) is 13.1 Å².